The molecule has 0 fully saturated rings. The van der Waals surface area contributed by atoms with Crippen LogP contribution in [0.3, 0.4) is 0 Å². The van der Waals surface area contributed by atoms with Gasteiger partial charge in [-0.1, -0.05) is 351 Å². The molecule has 0 amide bonds. The van der Waals surface area contributed by atoms with E-state index in [1.165, 1.54) is 199 Å². The molecule has 0 aliphatic rings. The zero-order chi connectivity index (χ0) is 72.4. The van der Waals surface area contributed by atoms with Crippen molar-refractivity contribution in [3.63, 3.8) is 0 Å². The van der Waals surface area contributed by atoms with Crippen LogP contribution in [0.5, 0.6) is 0 Å². The second-order valence-electron chi connectivity index (χ2n) is 30.1. The van der Waals surface area contributed by atoms with Gasteiger partial charge in [-0.15, -0.1) is 0 Å². The number of hydrogen-bond acceptors (Lipinski definition) is 15. The van der Waals surface area contributed by atoms with E-state index < -0.39 is 97.5 Å². The van der Waals surface area contributed by atoms with E-state index in [-0.39, 0.29) is 25.7 Å². The van der Waals surface area contributed by atoms with Gasteiger partial charge in [0.05, 0.1) is 26.4 Å². The molecule has 6 atom stereocenters. The van der Waals surface area contributed by atoms with Crippen LogP contribution in [0.25, 0.3) is 0 Å². The van der Waals surface area contributed by atoms with E-state index >= 15 is 0 Å². The van der Waals surface area contributed by atoms with Gasteiger partial charge in [0.15, 0.2) is 12.2 Å². The van der Waals surface area contributed by atoms with Crippen LogP contribution in [0.4, 0.5) is 0 Å². The zero-order valence-corrected chi connectivity index (χ0v) is 66.2. The molecular formula is C79H154O17P2. The van der Waals surface area contributed by atoms with E-state index in [1.807, 2.05) is 0 Å². The molecule has 3 N–H and O–H groups in total. The van der Waals surface area contributed by atoms with Crippen LogP contribution < -0.4 is 0 Å². The van der Waals surface area contributed by atoms with Gasteiger partial charge in [-0.3, -0.25) is 37.3 Å². The molecular weight excluding hydrogens is 1280 g/mol. The first kappa shape index (κ1) is 96.1. The van der Waals surface area contributed by atoms with Crippen molar-refractivity contribution in [1.82, 2.24) is 0 Å². The van der Waals surface area contributed by atoms with Gasteiger partial charge in [-0.2, -0.15) is 0 Å². The summed E-state index contributed by atoms with van der Waals surface area (Å²) in [5, 5.41) is 10.6. The van der Waals surface area contributed by atoms with E-state index in [1.54, 1.807) is 0 Å². The summed E-state index contributed by atoms with van der Waals surface area (Å²) < 4.78 is 68.6. The summed E-state index contributed by atoms with van der Waals surface area (Å²) >= 11 is 0. The van der Waals surface area contributed by atoms with Gasteiger partial charge in [-0.05, 0) is 49.4 Å². The van der Waals surface area contributed by atoms with Crippen molar-refractivity contribution >= 4 is 39.5 Å². The summed E-state index contributed by atoms with van der Waals surface area (Å²) in [4.78, 5) is 72.9. The summed E-state index contributed by atoms with van der Waals surface area (Å²) in [7, 11) is -9.92. The molecule has 582 valence electrons. The number of esters is 4. The highest BCUT2D eigenvalue weighted by molar-refractivity contribution is 7.47. The van der Waals surface area contributed by atoms with Crippen molar-refractivity contribution in [2.24, 2.45) is 23.7 Å². The Morgan fingerprint density at radius 1 is 0.286 bits per heavy atom. The number of hydrogen-bond donors (Lipinski definition) is 3. The Kier molecular flexibility index (Phi) is 66.8. The van der Waals surface area contributed by atoms with Crippen LogP contribution in [0, 0.1) is 23.7 Å². The number of phosphoric acid groups is 2. The SMILES string of the molecule is CCC(C)CCCCCCCCC(=O)OC[C@H](COP(=O)(O)OC[C@H](O)COP(=O)(O)OC[C@@H](COC(=O)CCCCCCCCCCCCCCCC(C)C)OC(=O)CCCCCCCCCCC(C)C)OC(=O)CCCCCCCCCCCCCCCCCCCCC(C)C. The predicted molar refractivity (Wildman–Crippen MR) is 400 cm³/mol. The minimum Gasteiger partial charge on any atom is -0.462 e. The lowest BCUT2D eigenvalue weighted by Gasteiger charge is -2.21. The second-order valence-corrected chi connectivity index (χ2v) is 33.0. The highest BCUT2D eigenvalue weighted by Gasteiger charge is 2.30. The fourth-order valence-electron chi connectivity index (χ4n) is 12.0. The van der Waals surface area contributed by atoms with Crippen LogP contribution in [-0.4, -0.2) is 96.7 Å². The Morgan fingerprint density at radius 3 is 0.724 bits per heavy atom. The van der Waals surface area contributed by atoms with Crippen LogP contribution in [-0.2, 0) is 65.4 Å². The maximum atomic E-state index is 13.1. The van der Waals surface area contributed by atoms with Gasteiger partial charge < -0.3 is 33.8 Å². The van der Waals surface area contributed by atoms with Crippen molar-refractivity contribution in [2.75, 3.05) is 39.6 Å². The number of phosphoric ester groups is 2. The van der Waals surface area contributed by atoms with Crippen LogP contribution in [0.1, 0.15) is 402 Å². The quantitative estimate of drug-likeness (QED) is 0.0222. The molecule has 0 aromatic rings. The molecule has 3 unspecified atom stereocenters. The highest BCUT2D eigenvalue weighted by Crippen LogP contribution is 2.45. The lowest BCUT2D eigenvalue weighted by atomic mass is 10.00. The van der Waals surface area contributed by atoms with Gasteiger partial charge in [0.1, 0.15) is 19.3 Å². The molecule has 0 aliphatic heterocycles. The number of aliphatic hydroxyl groups is 1. The Hall–Kier alpha value is -1.94. The average Bonchev–Trinajstić information content (AvgIpc) is 0.933. The number of carbonyl (C=O) groups is 4. The second kappa shape index (κ2) is 68.2. The van der Waals surface area contributed by atoms with Gasteiger partial charge >= 0.3 is 39.5 Å². The zero-order valence-electron chi connectivity index (χ0n) is 64.4. The number of unbranched alkanes of at least 4 members (excludes halogenated alkanes) is 41. The van der Waals surface area contributed by atoms with Gasteiger partial charge in [-0.25, -0.2) is 9.13 Å². The Balaban J connectivity index is 5.18. The summed E-state index contributed by atoms with van der Waals surface area (Å²) in [5.41, 5.74) is 0. The minimum absolute atomic E-state index is 0.104. The molecule has 0 radical (unpaired) electrons. The fourth-order valence-corrected chi connectivity index (χ4v) is 13.6. The fraction of sp³-hybridized carbons (Fsp3) is 0.949. The summed E-state index contributed by atoms with van der Waals surface area (Å²) in [6, 6.07) is 0. The number of rotatable bonds is 76. The van der Waals surface area contributed by atoms with E-state index in [0.29, 0.717) is 25.7 Å². The van der Waals surface area contributed by atoms with Gasteiger partial charge in [0, 0.05) is 25.7 Å². The summed E-state index contributed by atoms with van der Waals surface area (Å²) in [5.74, 6) is 0.940. The first-order valence-corrected chi connectivity index (χ1v) is 43.7. The Bertz CT molecular complexity index is 1920. The molecule has 0 saturated heterocycles. The van der Waals surface area contributed by atoms with Crippen molar-refractivity contribution in [3.05, 3.63) is 0 Å². The first-order valence-electron chi connectivity index (χ1n) is 40.7. The van der Waals surface area contributed by atoms with Crippen molar-refractivity contribution < 1.29 is 80.2 Å². The van der Waals surface area contributed by atoms with Crippen LogP contribution in [0.15, 0.2) is 0 Å². The summed E-state index contributed by atoms with van der Waals surface area (Å²) in [6.07, 6.45) is 54.3. The topological polar surface area (TPSA) is 237 Å². The monoisotopic (exact) mass is 1440 g/mol. The number of aliphatic hydroxyl groups excluding tert-OH is 1. The molecule has 98 heavy (non-hydrogen) atoms. The Morgan fingerprint density at radius 2 is 0.490 bits per heavy atom. The predicted octanol–water partition coefficient (Wildman–Crippen LogP) is 23.2. The smallest absolute Gasteiger partial charge is 0.462 e. The lowest BCUT2D eigenvalue weighted by Crippen LogP contribution is -2.30. The van der Waals surface area contributed by atoms with E-state index in [4.69, 9.17) is 37.0 Å². The normalized spacial score (nSPS) is 14.3. The standard InChI is InChI=1S/C79H154O17P2/c1-9-72(8)58-50-42-37-38-44-52-60-77(82)90-66-75(95-78(83)61-53-45-35-28-24-19-15-13-11-10-12-14-17-21-25-31-39-47-55-69(2)3)68-94-98(87,88)92-64-73(80)63-91-97(85,86)93-67-74(96-79(84)62-54-46-36-30-29-33-41-49-57-71(6)7)65-89-76(81)59-51-43-34-27-23-20-16-18-22-26-32-40-48-56-70(4)5/h69-75,80H,9-68H2,1-8H3,(H,85,86)(H,87,88)/t72?,73-,74-,75-/m1/s1. The minimum atomic E-state index is -4.96. The third kappa shape index (κ3) is 71.1. The van der Waals surface area contributed by atoms with Gasteiger partial charge in [0.25, 0.3) is 0 Å². The van der Waals surface area contributed by atoms with E-state index in [2.05, 4.69) is 55.4 Å². The van der Waals surface area contributed by atoms with Crippen LogP contribution in [0.2, 0.25) is 0 Å². The number of carbonyl (C=O) groups excluding carboxylic acids is 4. The van der Waals surface area contributed by atoms with Crippen molar-refractivity contribution in [2.45, 2.75) is 420 Å². The molecule has 0 aromatic heterocycles. The van der Waals surface area contributed by atoms with E-state index in [0.717, 1.165) is 120 Å². The number of ether oxygens (including phenoxy) is 4. The third-order valence-corrected chi connectivity index (χ3v) is 20.6. The largest absolute Gasteiger partial charge is 0.472 e. The molecule has 0 saturated carbocycles. The molecule has 0 spiro atoms. The van der Waals surface area contributed by atoms with E-state index in [9.17, 15) is 43.2 Å². The Labute approximate surface area is 600 Å². The average molecular weight is 1440 g/mol. The molecule has 0 heterocycles. The lowest BCUT2D eigenvalue weighted by molar-refractivity contribution is -0.161. The van der Waals surface area contributed by atoms with Crippen molar-refractivity contribution in [3.8, 4) is 0 Å². The van der Waals surface area contributed by atoms with Crippen LogP contribution >= 0.6 is 15.6 Å². The summed E-state index contributed by atoms with van der Waals surface area (Å²) in [6.45, 7) is 14.2. The molecule has 0 aliphatic carbocycles. The molecule has 0 aromatic carbocycles. The molecule has 19 heteroatoms. The van der Waals surface area contributed by atoms with Crippen molar-refractivity contribution in [1.29, 1.82) is 0 Å². The molecule has 0 bridgehead atoms. The molecule has 17 nitrogen and oxygen atoms in total. The highest BCUT2D eigenvalue weighted by atomic mass is 31.2. The van der Waals surface area contributed by atoms with Gasteiger partial charge in [0.2, 0.25) is 0 Å². The third-order valence-electron chi connectivity index (χ3n) is 18.7. The first-order chi connectivity index (χ1) is 47.1. The maximum Gasteiger partial charge on any atom is 0.472 e. The molecule has 0 rings (SSSR count). The maximum absolute atomic E-state index is 13.1.